The number of nitrogens with zero attached hydrogens (tertiary/aromatic N) is 4. The number of hydrogen-bond donors (Lipinski definition) is 1. The van der Waals surface area contributed by atoms with E-state index < -0.39 is 0 Å². The summed E-state index contributed by atoms with van der Waals surface area (Å²) in [6.07, 6.45) is 0. The third kappa shape index (κ3) is 6.48. The van der Waals surface area contributed by atoms with Crippen molar-refractivity contribution >= 4 is 33.6 Å². The highest BCUT2D eigenvalue weighted by Crippen LogP contribution is 2.27. The lowest BCUT2D eigenvalue weighted by Crippen LogP contribution is -2.50. The third-order valence-electron chi connectivity index (χ3n) is 8.98. The summed E-state index contributed by atoms with van der Waals surface area (Å²) in [5.74, 6) is -0.0846. The van der Waals surface area contributed by atoms with Crippen LogP contribution in [0.15, 0.2) is 109 Å². The van der Waals surface area contributed by atoms with E-state index in [2.05, 4.69) is 60.5 Å². The summed E-state index contributed by atoms with van der Waals surface area (Å²) >= 11 is 0. The molecule has 0 bridgehead atoms. The highest BCUT2D eigenvalue weighted by molar-refractivity contribution is 6.08. The molecule has 47 heavy (non-hydrogen) atoms. The van der Waals surface area contributed by atoms with Gasteiger partial charge in [0.1, 0.15) is 0 Å². The largest absolute Gasteiger partial charge is 0.351 e. The Balaban J connectivity index is 1.00. The lowest BCUT2D eigenvalue weighted by molar-refractivity contribution is 0.0640. The van der Waals surface area contributed by atoms with Gasteiger partial charge in [0.2, 0.25) is 0 Å². The van der Waals surface area contributed by atoms with Crippen molar-refractivity contribution in [2.75, 3.05) is 39.3 Å². The molecule has 2 amide bonds. The first-order chi connectivity index (χ1) is 22.9. The Bertz CT molecular complexity index is 2080. The first-order valence-electron chi connectivity index (χ1n) is 16.2. The maximum Gasteiger partial charge on any atom is 0.254 e. The molecule has 234 valence electrons. The predicted molar refractivity (Wildman–Crippen MR) is 189 cm³/mol. The van der Waals surface area contributed by atoms with Gasteiger partial charge in [-0.3, -0.25) is 14.5 Å². The second kappa shape index (κ2) is 13.1. The van der Waals surface area contributed by atoms with Crippen molar-refractivity contribution in [2.45, 2.75) is 13.8 Å². The molecule has 7 heteroatoms. The summed E-state index contributed by atoms with van der Waals surface area (Å²) in [4.78, 5) is 41.3. The standard InChI is InChI=1S/C40H37N5O2/c1-27-11-15-29(16-12-27)37-25-33(31-7-3-5-9-35(31)42-37)39(46)41-19-20-44-21-23-45(24-22-44)40(47)34-26-38(30-17-13-28(2)14-18-30)43-36-10-6-4-8-32(34)36/h3-18,25-26H,19-24H2,1-2H3,(H,41,46). The van der Waals surface area contributed by atoms with E-state index >= 15 is 0 Å². The number of piperazine rings is 1. The van der Waals surface area contributed by atoms with E-state index in [0.717, 1.165) is 57.4 Å². The van der Waals surface area contributed by atoms with Crippen LogP contribution in [0, 0.1) is 13.8 Å². The van der Waals surface area contributed by atoms with Gasteiger partial charge in [0.25, 0.3) is 11.8 Å². The van der Waals surface area contributed by atoms with E-state index in [-0.39, 0.29) is 11.8 Å². The number of aryl methyl sites for hydroxylation is 2. The van der Waals surface area contributed by atoms with E-state index in [9.17, 15) is 9.59 Å². The molecule has 1 aliphatic heterocycles. The van der Waals surface area contributed by atoms with Crippen LogP contribution < -0.4 is 5.32 Å². The molecule has 6 aromatic rings. The van der Waals surface area contributed by atoms with Gasteiger partial charge in [0.05, 0.1) is 33.5 Å². The Morgan fingerprint density at radius 2 is 1.13 bits per heavy atom. The zero-order chi connectivity index (χ0) is 32.3. The molecule has 1 fully saturated rings. The minimum atomic E-state index is -0.111. The Hall–Kier alpha value is -5.40. The van der Waals surface area contributed by atoms with Gasteiger partial charge in [-0.2, -0.15) is 0 Å². The van der Waals surface area contributed by atoms with Gasteiger partial charge in [0.15, 0.2) is 0 Å². The second-order valence-electron chi connectivity index (χ2n) is 12.3. The lowest BCUT2D eigenvalue weighted by atomic mass is 10.0. The first kappa shape index (κ1) is 30.3. The number of carbonyl (C=O) groups is 2. The zero-order valence-electron chi connectivity index (χ0n) is 26.7. The summed E-state index contributed by atoms with van der Waals surface area (Å²) in [6, 6.07) is 35.9. The molecule has 7 nitrogen and oxygen atoms in total. The Labute approximate surface area is 274 Å². The van der Waals surface area contributed by atoms with Crippen LogP contribution >= 0.6 is 0 Å². The van der Waals surface area contributed by atoms with Crippen molar-refractivity contribution in [3.63, 3.8) is 0 Å². The summed E-state index contributed by atoms with van der Waals surface area (Å²) in [7, 11) is 0. The predicted octanol–water partition coefficient (Wildman–Crippen LogP) is 6.92. The van der Waals surface area contributed by atoms with Crippen LogP contribution in [-0.4, -0.2) is 70.9 Å². The molecule has 3 heterocycles. The highest BCUT2D eigenvalue weighted by Gasteiger charge is 2.24. The second-order valence-corrected chi connectivity index (χ2v) is 12.3. The zero-order valence-corrected chi connectivity index (χ0v) is 26.7. The molecule has 1 N–H and O–H groups in total. The Morgan fingerprint density at radius 1 is 0.638 bits per heavy atom. The fourth-order valence-corrected chi connectivity index (χ4v) is 6.23. The summed E-state index contributed by atoms with van der Waals surface area (Å²) in [5, 5.41) is 4.84. The van der Waals surface area contributed by atoms with Crippen LogP contribution in [-0.2, 0) is 0 Å². The van der Waals surface area contributed by atoms with Crippen molar-refractivity contribution in [3.05, 3.63) is 131 Å². The van der Waals surface area contributed by atoms with Crippen LogP contribution in [0.2, 0.25) is 0 Å². The average molecular weight is 620 g/mol. The monoisotopic (exact) mass is 619 g/mol. The van der Waals surface area contributed by atoms with E-state index in [1.54, 1.807) is 0 Å². The minimum Gasteiger partial charge on any atom is -0.351 e. The molecule has 0 spiro atoms. The van der Waals surface area contributed by atoms with Gasteiger partial charge in [-0.05, 0) is 38.1 Å². The molecule has 4 aromatic carbocycles. The molecule has 0 radical (unpaired) electrons. The topological polar surface area (TPSA) is 78.4 Å². The van der Waals surface area contributed by atoms with Gasteiger partial charge >= 0.3 is 0 Å². The molecular formula is C40H37N5O2. The number of nitrogens with one attached hydrogen (secondary N) is 1. The van der Waals surface area contributed by atoms with Gasteiger partial charge in [-0.1, -0.05) is 96.1 Å². The molecule has 0 unspecified atom stereocenters. The number of amides is 2. The first-order valence-corrected chi connectivity index (χ1v) is 16.2. The fourth-order valence-electron chi connectivity index (χ4n) is 6.23. The van der Waals surface area contributed by atoms with Crippen molar-refractivity contribution in [1.82, 2.24) is 25.1 Å². The molecule has 2 aromatic heterocycles. The van der Waals surface area contributed by atoms with Crippen molar-refractivity contribution < 1.29 is 9.59 Å². The quantitative estimate of drug-likeness (QED) is 0.210. The molecule has 0 saturated carbocycles. The van der Waals surface area contributed by atoms with Gasteiger partial charge in [-0.15, -0.1) is 0 Å². The SMILES string of the molecule is Cc1ccc(-c2cc(C(=O)NCCN3CCN(C(=O)c4cc(-c5ccc(C)cc5)nc5ccccc45)CC3)c3ccccc3n2)cc1. The van der Waals surface area contributed by atoms with Crippen molar-refractivity contribution in [1.29, 1.82) is 0 Å². The molecule has 1 aliphatic rings. The summed E-state index contributed by atoms with van der Waals surface area (Å²) < 4.78 is 0. The molecule has 1 saturated heterocycles. The van der Waals surface area contributed by atoms with E-state index in [0.29, 0.717) is 37.3 Å². The smallest absolute Gasteiger partial charge is 0.254 e. The van der Waals surface area contributed by atoms with Crippen LogP contribution in [0.4, 0.5) is 0 Å². The number of rotatable bonds is 7. The third-order valence-corrected chi connectivity index (χ3v) is 8.98. The average Bonchev–Trinajstić information content (AvgIpc) is 3.11. The number of benzene rings is 4. The van der Waals surface area contributed by atoms with E-state index in [4.69, 9.17) is 9.97 Å². The Kier molecular flexibility index (Phi) is 8.46. The minimum absolute atomic E-state index is 0.0267. The van der Waals surface area contributed by atoms with E-state index in [1.165, 1.54) is 11.1 Å². The number of aromatic nitrogens is 2. The summed E-state index contributed by atoms with van der Waals surface area (Å²) in [5.41, 5.74) is 8.83. The molecular weight excluding hydrogens is 582 g/mol. The summed E-state index contributed by atoms with van der Waals surface area (Å²) in [6.45, 7) is 8.06. The van der Waals surface area contributed by atoms with Crippen LogP contribution in [0.1, 0.15) is 31.8 Å². The maximum atomic E-state index is 13.9. The number of hydrogen-bond acceptors (Lipinski definition) is 5. The Morgan fingerprint density at radius 3 is 1.68 bits per heavy atom. The number of fused-ring (bicyclic) bond motifs is 2. The molecule has 0 atom stereocenters. The fraction of sp³-hybridized carbons (Fsp3) is 0.200. The number of pyridine rings is 2. The molecule has 0 aliphatic carbocycles. The lowest BCUT2D eigenvalue weighted by Gasteiger charge is -2.35. The maximum absolute atomic E-state index is 13.9. The van der Waals surface area contributed by atoms with Gasteiger partial charge < -0.3 is 10.2 Å². The van der Waals surface area contributed by atoms with Crippen molar-refractivity contribution in [3.8, 4) is 22.5 Å². The van der Waals surface area contributed by atoms with Gasteiger partial charge in [0, 0.05) is 61.2 Å². The number of carbonyl (C=O) groups excluding carboxylic acids is 2. The highest BCUT2D eigenvalue weighted by atomic mass is 16.2. The van der Waals surface area contributed by atoms with Crippen molar-refractivity contribution in [2.24, 2.45) is 0 Å². The normalized spacial score (nSPS) is 13.6. The van der Waals surface area contributed by atoms with Crippen LogP contribution in [0.3, 0.4) is 0 Å². The molecule has 7 rings (SSSR count). The van der Waals surface area contributed by atoms with Gasteiger partial charge in [-0.25, -0.2) is 9.97 Å². The van der Waals surface area contributed by atoms with Crippen LogP contribution in [0.5, 0.6) is 0 Å². The number of para-hydroxylation sites is 2. The van der Waals surface area contributed by atoms with E-state index in [1.807, 2.05) is 77.7 Å². The van der Waals surface area contributed by atoms with Crippen LogP contribution in [0.25, 0.3) is 44.3 Å².